The molecule has 0 saturated carbocycles. The highest BCUT2D eigenvalue weighted by atomic mass is 16.5. The average Bonchev–Trinajstić information content (AvgIpc) is 2.59. The van der Waals surface area contributed by atoms with E-state index >= 15 is 0 Å². The van der Waals surface area contributed by atoms with Gasteiger partial charge in [-0.1, -0.05) is 36.4 Å². The molecule has 0 bridgehead atoms. The Balaban J connectivity index is 2.16. The molecule has 0 radical (unpaired) electrons. The smallest absolute Gasteiger partial charge is 0.336 e. The Labute approximate surface area is 139 Å². The highest BCUT2D eigenvalue weighted by molar-refractivity contribution is 5.95. The molecule has 0 aliphatic heterocycles. The summed E-state index contributed by atoms with van der Waals surface area (Å²) in [6.07, 6.45) is 2.94. The molecule has 120 valence electrons. The second-order valence-electron chi connectivity index (χ2n) is 5.41. The highest BCUT2D eigenvalue weighted by Crippen LogP contribution is 2.30. The quantitative estimate of drug-likeness (QED) is 0.416. The van der Waals surface area contributed by atoms with Gasteiger partial charge in [-0.15, -0.1) is 0 Å². The third-order valence-electron chi connectivity index (χ3n) is 3.82. The van der Waals surface area contributed by atoms with E-state index in [0.717, 1.165) is 27.6 Å². The number of esters is 1. The van der Waals surface area contributed by atoms with Gasteiger partial charge < -0.3 is 9.15 Å². The molecule has 1 aromatic heterocycles. The fraction of sp³-hybridized carbons (Fsp3) is 0.100. The predicted octanol–water partition coefficient (Wildman–Crippen LogP) is 3.95. The lowest BCUT2D eigenvalue weighted by atomic mass is 9.97. The first-order chi connectivity index (χ1) is 11.6. The second kappa shape index (κ2) is 6.54. The van der Waals surface area contributed by atoms with Crippen LogP contribution in [0.2, 0.25) is 0 Å². The van der Waals surface area contributed by atoms with Gasteiger partial charge in [0.1, 0.15) is 5.58 Å². The second-order valence-corrected chi connectivity index (χ2v) is 5.41. The molecule has 4 nitrogen and oxygen atoms in total. The molecule has 0 N–H and O–H groups in total. The SMILES string of the molecule is COC(=O)/C=C/c1ccc2c(-c3ccccc3C)cc(=O)oc2c1. The number of carbonyl (C=O) groups excluding carboxylic acids is 1. The molecule has 4 heteroatoms. The molecule has 0 unspecified atom stereocenters. The van der Waals surface area contributed by atoms with Crippen molar-refractivity contribution in [3.05, 3.63) is 76.2 Å². The first kappa shape index (κ1) is 15.7. The van der Waals surface area contributed by atoms with Gasteiger partial charge in [-0.3, -0.25) is 0 Å². The van der Waals surface area contributed by atoms with Crippen molar-refractivity contribution in [2.45, 2.75) is 6.92 Å². The minimum atomic E-state index is -0.440. The molecular weight excluding hydrogens is 304 g/mol. The fourth-order valence-electron chi connectivity index (χ4n) is 2.61. The van der Waals surface area contributed by atoms with E-state index in [4.69, 9.17) is 4.42 Å². The van der Waals surface area contributed by atoms with E-state index < -0.39 is 11.6 Å². The fourth-order valence-corrected chi connectivity index (χ4v) is 2.61. The zero-order valence-electron chi connectivity index (χ0n) is 13.4. The van der Waals surface area contributed by atoms with Crippen LogP contribution in [0.15, 0.2) is 63.8 Å². The first-order valence-corrected chi connectivity index (χ1v) is 7.48. The minimum Gasteiger partial charge on any atom is -0.466 e. The lowest BCUT2D eigenvalue weighted by molar-refractivity contribution is -0.134. The van der Waals surface area contributed by atoms with Crippen molar-refractivity contribution in [2.24, 2.45) is 0 Å². The summed E-state index contributed by atoms with van der Waals surface area (Å²) >= 11 is 0. The topological polar surface area (TPSA) is 56.5 Å². The maximum absolute atomic E-state index is 12.0. The number of ether oxygens (including phenoxy) is 1. The van der Waals surface area contributed by atoms with Gasteiger partial charge in [0.05, 0.1) is 7.11 Å². The van der Waals surface area contributed by atoms with E-state index in [9.17, 15) is 9.59 Å². The monoisotopic (exact) mass is 320 g/mol. The van der Waals surface area contributed by atoms with Crippen LogP contribution in [0.25, 0.3) is 28.2 Å². The summed E-state index contributed by atoms with van der Waals surface area (Å²) in [5, 5.41) is 0.846. The molecule has 0 aliphatic carbocycles. The molecule has 0 spiro atoms. The van der Waals surface area contributed by atoms with Crippen molar-refractivity contribution in [3.8, 4) is 11.1 Å². The Morgan fingerprint density at radius 2 is 1.88 bits per heavy atom. The number of rotatable bonds is 3. The summed E-state index contributed by atoms with van der Waals surface area (Å²) < 4.78 is 9.90. The Morgan fingerprint density at radius 1 is 1.08 bits per heavy atom. The zero-order chi connectivity index (χ0) is 17.1. The van der Waals surface area contributed by atoms with Gasteiger partial charge in [0.25, 0.3) is 0 Å². The number of hydrogen-bond acceptors (Lipinski definition) is 4. The van der Waals surface area contributed by atoms with Crippen LogP contribution in [0.4, 0.5) is 0 Å². The Kier molecular flexibility index (Phi) is 4.29. The van der Waals surface area contributed by atoms with Gasteiger partial charge >= 0.3 is 11.6 Å². The third kappa shape index (κ3) is 3.13. The van der Waals surface area contributed by atoms with Gasteiger partial charge in [0, 0.05) is 23.1 Å². The number of methoxy groups -OCH3 is 1. The van der Waals surface area contributed by atoms with Crippen LogP contribution < -0.4 is 5.63 Å². The van der Waals surface area contributed by atoms with E-state index in [1.807, 2.05) is 43.3 Å². The summed E-state index contributed by atoms with van der Waals surface area (Å²) in [6.45, 7) is 2.00. The van der Waals surface area contributed by atoms with Crippen LogP contribution >= 0.6 is 0 Å². The Morgan fingerprint density at radius 3 is 2.62 bits per heavy atom. The molecule has 0 fully saturated rings. The average molecular weight is 320 g/mol. The molecule has 0 aliphatic rings. The van der Waals surface area contributed by atoms with Gasteiger partial charge in [-0.2, -0.15) is 0 Å². The highest BCUT2D eigenvalue weighted by Gasteiger charge is 2.10. The predicted molar refractivity (Wildman–Crippen MR) is 93.7 cm³/mol. The molecule has 1 heterocycles. The van der Waals surface area contributed by atoms with E-state index in [0.29, 0.717) is 5.58 Å². The molecule has 0 atom stereocenters. The van der Waals surface area contributed by atoms with Crippen LogP contribution in [-0.2, 0) is 9.53 Å². The molecular formula is C20H16O4. The van der Waals surface area contributed by atoms with Crippen LogP contribution in [0.3, 0.4) is 0 Å². The minimum absolute atomic E-state index is 0.408. The summed E-state index contributed by atoms with van der Waals surface area (Å²) in [4.78, 5) is 23.2. The number of carbonyl (C=O) groups is 1. The van der Waals surface area contributed by atoms with Crippen molar-refractivity contribution in [2.75, 3.05) is 7.11 Å². The Hall–Kier alpha value is -3.14. The maximum atomic E-state index is 12.0. The van der Waals surface area contributed by atoms with E-state index in [-0.39, 0.29) is 0 Å². The van der Waals surface area contributed by atoms with Gasteiger partial charge in [-0.05, 0) is 35.8 Å². The number of fused-ring (bicyclic) bond motifs is 1. The lowest BCUT2D eigenvalue weighted by Crippen LogP contribution is -1.99. The van der Waals surface area contributed by atoms with Crippen LogP contribution in [0.5, 0.6) is 0 Å². The van der Waals surface area contributed by atoms with Crippen molar-refractivity contribution >= 4 is 23.0 Å². The summed E-state index contributed by atoms with van der Waals surface area (Å²) in [6, 6.07) is 14.9. The van der Waals surface area contributed by atoms with Gasteiger partial charge in [0.15, 0.2) is 0 Å². The molecule has 24 heavy (non-hydrogen) atoms. The van der Waals surface area contributed by atoms with Gasteiger partial charge in [-0.25, -0.2) is 9.59 Å². The summed E-state index contributed by atoms with van der Waals surface area (Å²) in [7, 11) is 1.32. The maximum Gasteiger partial charge on any atom is 0.336 e. The molecule has 3 aromatic rings. The van der Waals surface area contributed by atoms with Crippen molar-refractivity contribution in [3.63, 3.8) is 0 Å². The molecule has 2 aromatic carbocycles. The number of hydrogen-bond donors (Lipinski definition) is 0. The Bertz CT molecular complexity index is 996. The third-order valence-corrected chi connectivity index (χ3v) is 3.82. The van der Waals surface area contributed by atoms with Crippen LogP contribution in [0, 0.1) is 6.92 Å². The van der Waals surface area contributed by atoms with Crippen LogP contribution in [0.1, 0.15) is 11.1 Å². The summed E-state index contributed by atoms with van der Waals surface area (Å²) in [5.74, 6) is -0.440. The van der Waals surface area contributed by atoms with Gasteiger partial charge in [0.2, 0.25) is 0 Å². The van der Waals surface area contributed by atoms with Crippen LogP contribution in [-0.4, -0.2) is 13.1 Å². The van der Waals surface area contributed by atoms with Crippen molar-refractivity contribution in [1.82, 2.24) is 0 Å². The van der Waals surface area contributed by atoms with Crippen molar-refractivity contribution < 1.29 is 13.9 Å². The van der Waals surface area contributed by atoms with E-state index in [1.165, 1.54) is 19.3 Å². The largest absolute Gasteiger partial charge is 0.466 e. The first-order valence-electron chi connectivity index (χ1n) is 7.48. The standard InChI is InChI=1S/C20H16O4/c1-13-5-3-4-6-15(13)17-12-20(22)24-18-11-14(7-9-16(17)18)8-10-19(21)23-2/h3-12H,1-2H3/b10-8+. The molecule has 0 saturated heterocycles. The summed E-state index contributed by atoms with van der Waals surface area (Å²) in [5.41, 5.74) is 3.73. The lowest BCUT2D eigenvalue weighted by Gasteiger charge is -2.09. The normalized spacial score (nSPS) is 11.1. The number of benzene rings is 2. The van der Waals surface area contributed by atoms with E-state index in [1.54, 1.807) is 12.1 Å². The number of aryl methyl sites for hydroxylation is 1. The van der Waals surface area contributed by atoms with Crippen molar-refractivity contribution in [1.29, 1.82) is 0 Å². The zero-order valence-corrected chi connectivity index (χ0v) is 13.4. The molecule has 0 amide bonds. The molecule has 3 rings (SSSR count). The van der Waals surface area contributed by atoms with E-state index in [2.05, 4.69) is 4.74 Å².